The zero-order chi connectivity index (χ0) is 15.5. The van der Waals surface area contributed by atoms with Gasteiger partial charge in [-0.15, -0.1) is 11.3 Å². The minimum absolute atomic E-state index is 0.498. The third-order valence-corrected chi connectivity index (χ3v) is 4.11. The lowest BCUT2D eigenvalue weighted by Gasteiger charge is -2.02. The Bertz CT molecular complexity index is 918. The second-order valence-electron chi connectivity index (χ2n) is 4.42. The number of hydrogen-bond donors (Lipinski definition) is 0. The van der Waals surface area contributed by atoms with Gasteiger partial charge in [0.1, 0.15) is 12.3 Å². The lowest BCUT2D eigenvalue weighted by molar-refractivity contribution is 0.483. The average molecular weight is 319 g/mol. The van der Waals surface area contributed by atoms with E-state index in [1.165, 1.54) is 17.6 Å². The lowest BCUT2D eigenvalue weighted by atomic mass is 10.0. The average Bonchev–Trinajstić information content (AvgIpc) is 2.87. The van der Waals surface area contributed by atoms with Gasteiger partial charge in [-0.05, 0) is 29.5 Å². The number of benzene rings is 1. The predicted molar refractivity (Wildman–Crippen MR) is 83.3 cm³/mol. The van der Waals surface area contributed by atoms with Crippen molar-refractivity contribution in [3.63, 3.8) is 0 Å². The summed E-state index contributed by atoms with van der Waals surface area (Å²) in [4.78, 5) is 0. The maximum atomic E-state index is 11.1. The highest BCUT2D eigenvalue weighted by molar-refractivity contribution is 7.86. The number of aryl methyl sites for hydroxylation is 1. The van der Waals surface area contributed by atoms with Crippen molar-refractivity contribution in [1.29, 1.82) is 5.26 Å². The molecule has 0 aliphatic rings. The van der Waals surface area contributed by atoms with Crippen LogP contribution in [0.3, 0.4) is 0 Å². The largest absolute Gasteiger partial charge is 0.389 e. The van der Waals surface area contributed by atoms with Gasteiger partial charge in [-0.3, -0.25) is 0 Å². The summed E-state index contributed by atoms with van der Waals surface area (Å²) in [6.07, 6.45) is 2.15. The van der Waals surface area contributed by atoms with E-state index in [0.29, 0.717) is 15.3 Å². The fraction of sp³-hybridized carbons (Fsp3) is 0.133. The molecule has 0 spiro atoms. The molecule has 1 aromatic carbocycles. The molecule has 1 aromatic heterocycles. The van der Waals surface area contributed by atoms with Crippen LogP contribution in [-0.4, -0.2) is 14.7 Å². The van der Waals surface area contributed by atoms with Gasteiger partial charge in [0.2, 0.25) is 0 Å². The van der Waals surface area contributed by atoms with Crippen LogP contribution in [0, 0.1) is 18.3 Å². The number of rotatable bonds is 3. The van der Waals surface area contributed by atoms with E-state index in [9.17, 15) is 13.7 Å². The SMILES string of the molecule is Cc1ccccc1/C(C#N)=c1\ccs\c1=C/OS(C)(=O)=O. The van der Waals surface area contributed by atoms with E-state index in [-0.39, 0.29) is 0 Å². The lowest BCUT2D eigenvalue weighted by Crippen LogP contribution is -2.22. The molecular weight excluding hydrogens is 306 g/mol. The van der Waals surface area contributed by atoms with Crippen LogP contribution in [0.2, 0.25) is 0 Å². The van der Waals surface area contributed by atoms with E-state index in [2.05, 4.69) is 6.07 Å². The van der Waals surface area contributed by atoms with E-state index in [4.69, 9.17) is 4.18 Å². The second kappa shape index (κ2) is 6.12. The van der Waals surface area contributed by atoms with E-state index in [0.717, 1.165) is 17.4 Å². The Balaban J connectivity index is 2.72. The summed E-state index contributed by atoms with van der Waals surface area (Å²) in [5.74, 6) is 0. The molecule has 4 nitrogen and oxygen atoms in total. The summed E-state index contributed by atoms with van der Waals surface area (Å²) < 4.78 is 27.5. The molecule has 0 bridgehead atoms. The first-order chi connectivity index (χ1) is 9.92. The number of nitriles is 1. The van der Waals surface area contributed by atoms with Crippen LogP contribution in [0.1, 0.15) is 11.1 Å². The molecule has 108 valence electrons. The third-order valence-electron chi connectivity index (χ3n) is 2.82. The standard InChI is InChI=1S/C15H13NO3S2/c1-11-5-3-4-6-12(11)14(9-16)13-7-8-20-15(13)10-19-21(2,17)18/h3-8,10H,1-2H3/b14-13+,15-10-. The number of hydrogen-bond acceptors (Lipinski definition) is 5. The van der Waals surface area contributed by atoms with Gasteiger partial charge in [0, 0.05) is 5.22 Å². The molecule has 0 fully saturated rings. The van der Waals surface area contributed by atoms with Crippen molar-refractivity contribution in [2.75, 3.05) is 6.26 Å². The molecular formula is C15H13NO3S2. The van der Waals surface area contributed by atoms with E-state index >= 15 is 0 Å². The molecule has 0 amide bonds. The fourth-order valence-electron chi connectivity index (χ4n) is 1.87. The van der Waals surface area contributed by atoms with Crippen molar-refractivity contribution < 1.29 is 12.6 Å². The minimum Gasteiger partial charge on any atom is -0.389 e. The van der Waals surface area contributed by atoms with Crippen LogP contribution >= 0.6 is 11.3 Å². The Morgan fingerprint density at radius 3 is 2.67 bits per heavy atom. The predicted octanol–water partition coefficient (Wildman–Crippen LogP) is 1.49. The highest BCUT2D eigenvalue weighted by Crippen LogP contribution is 2.15. The normalized spacial score (nSPS) is 13.7. The monoisotopic (exact) mass is 319 g/mol. The zero-order valence-corrected chi connectivity index (χ0v) is 13.2. The number of thiophene rings is 1. The molecule has 2 aromatic rings. The molecule has 1 heterocycles. The van der Waals surface area contributed by atoms with Crippen LogP contribution in [-0.2, 0) is 14.3 Å². The molecule has 0 N–H and O–H groups in total. The smallest absolute Gasteiger partial charge is 0.305 e. The van der Waals surface area contributed by atoms with Crippen LogP contribution in [0.5, 0.6) is 0 Å². The van der Waals surface area contributed by atoms with Crippen molar-refractivity contribution >= 4 is 33.3 Å². The summed E-state index contributed by atoms with van der Waals surface area (Å²) in [6, 6.07) is 11.5. The van der Waals surface area contributed by atoms with Crippen molar-refractivity contribution in [3.8, 4) is 6.07 Å². The highest BCUT2D eigenvalue weighted by Gasteiger charge is 2.07. The van der Waals surface area contributed by atoms with Crippen LogP contribution < -0.4 is 9.75 Å². The van der Waals surface area contributed by atoms with Gasteiger partial charge < -0.3 is 4.18 Å². The van der Waals surface area contributed by atoms with Gasteiger partial charge in [-0.1, -0.05) is 24.3 Å². The van der Waals surface area contributed by atoms with Gasteiger partial charge in [-0.25, -0.2) is 0 Å². The van der Waals surface area contributed by atoms with Gasteiger partial charge in [0.15, 0.2) is 0 Å². The summed E-state index contributed by atoms with van der Waals surface area (Å²) in [5.41, 5.74) is 2.31. The Morgan fingerprint density at radius 1 is 1.33 bits per heavy atom. The zero-order valence-electron chi connectivity index (χ0n) is 11.5. The van der Waals surface area contributed by atoms with E-state index in [1.807, 2.05) is 31.2 Å². The maximum Gasteiger partial charge on any atom is 0.305 e. The quantitative estimate of drug-likeness (QED) is 0.804. The molecule has 21 heavy (non-hydrogen) atoms. The molecule has 6 heteroatoms. The first-order valence-electron chi connectivity index (χ1n) is 6.05. The fourth-order valence-corrected chi connectivity index (χ4v) is 2.95. The van der Waals surface area contributed by atoms with Crippen LogP contribution in [0.25, 0.3) is 11.8 Å². The summed E-state index contributed by atoms with van der Waals surface area (Å²) in [5, 5.41) is 11.9. The Hall–Kier alpha value is -2.10. The van der Waals surface area contributed by atoms with E-state index in [1.54, 1.807) is 11.4 Å². The second-order valence-corrected chi connectivity index (χ2v) is 6.97. The van der Waals surface area contributed by atoms with E-state index < -0.39 is 10.1 Å². The van der Waals surface area contributed by atoms with Crippen molar-refractivity contribution in [1.82, 2.24) is 0 Å². The van der Waals surface area contributed by atoms with Gasteiger partial charge >= 0.3 is 10.1 Å². The van der Waals surface area contributed by atoms with Crippen molar-refractivity contribution in [2.24, 2.45) is 0 Å². The van der Waals surface area contributed by atoms with Crippen LogP contribution in [0.15, 0.2) is 35.7 Å². The number of nitrogens with zero attached hydrogens (tertiary/aromatic N) is 1. The molecule has 2 rings (SSSR count). The Labute approximate surface area is 127 Å². The molecule has 0 saturated heterocycles. The maximum absolute atomic E-state index is 11.1. The molecule has 0 atom stereocenters. The molecule has 0 radical (unpaired) electrons. The minimum atomic E-state index is -3.56. The van der Waals surface area contributed by atoms with Gasteiger partial charge in [0.05, 0.1) is 16.4 Å². The van der Waals surface area contributed by atoms with Gasteiger partial charge in [0.25, 0.3) is 0 Å². The first-order valence-corrected chi connectivity index (χ1v) is 8.74. The molecule has 0 aliphatic carbocycles. The Kier molecular flexibility index (Phi) is 4.46. The summed E-state index contributed by atoms with van der Waals surface area (Å²) in [7, 11) is -3.56. The molecule has 0 unspecified atom stereocenters. The highest BCUT2D eigenvalue weighted by atomic mass is 32.2. The third kappa shape index (κ3) is 3.72. The summed E-state index contributed by atoms with van der Waals surface area (Å²) in [6.45, 7) is 1.93. The van der Waals surface area contributed by atoms with Gasteiger partial charge in [-0.2, -0.15) is 13.7 Å². The van der Waals surface area contributed by atoms with Crippen LogP contribution in [0.4, 0.5) is 0 Å². The topological polar surface area (TPSA) is 67.2 Å². The van der Waals surface area contributed by atoms with Crippen molar-refractivity contribution in [3.05, 3.63) is 56.6 Å². The molecule has 0 saturated carbocycles. The Morgan fingerprint density at radius 2 is 2.05 bits per heavy atom. The summed E-state index contributed by atoms with van der Waals surface area (Å²) >= 11 is 1.32. The molecule has 0 aliphatic heterocycles. The first kappa shape index (κ1) is 15.3. The van der Waals surface area contributed by atoms with Crippen molar-refractivity contribution in [2.45, 2.75) is 6.92 Å².